The van der Waals surface area contributed by atoms with Crippen LogP contribution in [0.3, 0.4) is 0 Å². The van der Waals surface area contributed by atoms with Gasteiger partial charge in [0.1, 0.15) is 5.82 Å². The number of aromatic nitrogens is 2. The average molecular weight is 234 g/mol. The Kier molecular flexibility index (Phi) is 4.18. The van der Waals surface area contributed by atoms with Crippen molar-refractivity contribution in [3.63, 3.8) is 0 Å². The Morgan fingerprint density at radius 3 is 2.82 bits per heavy atom. The summed E-state index contributed by atoms with van der Waals surface area (Å²) in [6.45, 7) is 5.50. The number of nitrogens with zero attached hydrogens (tertiary/aromatic N) is 4. The molecule has 1 saturated heterocycles. The van der Waals surface area contributed by atoms with Crippen LogP contribution in [0.5, 0.6) is 0 Å². The molecule has 1 aromatic heterocycles. The normalized spacial score (nSPS) is 15.3. The molecule has 1 aromatic rings. The zero-order valence-corrected chi connectivity index (χ0v) is 10.9. The molecular weight excluding hydrogens is 212 g/mol. The van der Waals surface area contributed by atoms with Gasteiger partial charge in [-0.3, -0.25) is 0 Å². The van der Waals surface area contributed by atoms with Crippen molar-refractivity contribution in [1.29, 1.82) is 0 Å². The molecule has 0 atom stereocenters. The van der Waals surface area contributed by atoms with E-state index in [1.54, 1.807) is 0 Å². The minimum atomic E-state index is 0.850. The number of anilines is 2. The second-order valence-corrected chi connectivity index (χ2v) is 4.68. The first-order valence-electron chi connectivity index (χ1n) is 6.60. The van der Waals surface area contributed by atoms with Gasteiger partial charge >= 0.3 is 0 Å². The standard InChI is InChI=1S/C13H22N4/c1-3-4-9-16(2)13-14-8-7-12(15-13)17-10-5-6-11-17/h7-8H,3-6,9-11H2,1-2H3. The van der Waals surface area contributed by atoms with E-state index in [-0.39, 0.29) is 0 Å². The fourth-order valence-electron chi connectivity index (χ4n) is 2.14. The topological polar surface area (TPSA) is 32.3 Å². The van der Waals surface area contributed by atoms with E-state index in [0.717, 1.165) is 31.4 Å². The van der Waals surface area contributed by atoms with Crippen LogP contribution >= 0.6 is 0 Å². The lowest BCUT2D eigenvalue weighted by molar-refractivity contribution is 0.748. The fraction of sp³-hybridized carbons (Fsp3) is 0.692. The second-order valence-electron chi connectivity index (χ2n) is 4.68. The van der Waals surface area contributed by atoms with Gasteiger partial charge in [-0.15, -0.1) is 0 Å². The van der Waals surface area contributed by atoms with Crippen molar-refractivity contribution < 1.29 is 0 Å². The summed E-state index contributed by atoms with van der Waals surface area (Å²) in [6, 6.07) is 2.02. The largest absolute Gasteiger partial charge is 0.356 e. The van der Waals surface area contributed by atoms with Gasteiger partial charge in [0.25, 0.3) is 0 Å². The van der Waals surface area contributed by atoms with Crippen molar-refractivity contribution >= 4 is 11.8 Å². The Balaban J connectivity index is 2.05. The first-order valence-corrected chi connectivity index (χ1v) is 6.60. The number of hydrogen-bond donors (Lipinski definition) is 0. The Hall–Kier alpha value is -1.32. The quantitative estimate of drug-likeness (QED) is 0.782. The van der Waals surface area contributed by atoms with Crippen LogP contribution in [0.4, 0.5) is 11.8 Å². The molecule has 0 radical (unpaired) electrons. The molecule has 0 amide bonds. The third kappa shape index (κ3) is 3.08. The van der Waals surface area contributed by atoms with Crippen molar-refractivity contribution in [2.75, 3.05) is 36.5 Å². The molecule has 2 rings (SSSR count). The van der Waals surface area contributed by atoms with Crippen LogP contribution in [-0.2, 0) is 0 Å². The van der Waals surface area contributed by atoms with Gasteiger partial charge in [-0.05, 0) is 25.3 Å². The molecule has 17 heavy (non-hydrogen) atoms. The van der Waals surface area contributed by atoms with Gasteiger partial charge < -0.3 is 9.80 Å². The summed E-state index contributed by atoms with van der Waals surface area (Å²) in [7, 11) is 2.07. The molecule has 0 N–H and O–H groups in total. The first kappa shape index (κ1) is 12.1. The summed E-state index contributed by atoms with van der Waals surface area (Å²) in [5.41, 5.74) is 0. The summed E-state index contributed by atoms with van der Waals surface area (Å²) < 4.78 is 0. The van der Waals surface area contributed by atoms with Crippen LogP contribution in [0.25, 0.3) is 0 Å². The molecular formula is C13H22N4. The second kappa shape index (κ2) is 5.84. The highest BCUT2D eigenvalue weighted by molar-refractivity contribution is 5.43. The van der Waals surface area contributed by atoms with Crippen molar-refractivity contribution in [1.82, 2.24) is 9.97 Å². The van der Waals surface area contributed by atoms with E-state index in [1.165, 1.54) is 25.7 Å². The molecule has 4 nitrogen and oxygen atoms in total. The average Bonchev–Trinajstić information content (AvgIpc) is 2.90. The van der Waals surface area contributed by atoms with Crippen LogP contribution in [0, 0.1) is 0 Å². The highest BCUT2D eigenvalue weighted by atomic mass is 15.3. The summed E-state index contributed by atoms with van der Waals surface area (Å²) >= 11 is 0. The monoisotopic (exact) mass is 234 g/mol. The van der Waals surface area contributed by atoms with Crippen LogP contribution < -0.4 is 9.80 Å². The summed E-state index contributed by atoms with van der Waals surface area (Å²) in [5.74, 6) is 1.93. The molecule has 0 saturated carbocycles. The minimum Gasteiger partial charge on any atom is -0.356 e. The summed E-state index contributed by atoms with van der Waals surface area (Å²) in [6.07, 6.45) is 6.83. The zero-order chi connectivity index (χ0) is 12.1. The highest BCUT2D eigenvalue weighted by Gasteiger charge is 2.14. The number of hydrogen-bond acceptors (Lipinski definition) is 4. The van der Waals surface area contributed by atoms with Crippen LogP contribution in [0.15, 0.2) is 12.3 Å². The van der Waals surface area contributed by atoms with E-state index in [4.69, 9.17) is 0 Å². The van der Waals surface area contributed by atoms with Crippen molar-refractivity contribution in [2.45, 2.75) is 32.6 Å². The maximum absolute atomic E-state index is 4.65. The Morgan fingerprint density at radius 2 is 2.12 bits per heavy atom. The Bertz CT molecular complexity index is 347. The lowest BCUT2D eigenvalue weighted by Crippen LogP contribution is -2.24. The molecule has 0 bridgehead atoms. The fourth-order valence-corrected chi connectivity index (χ4v) is 2.14. The van der Waals surface area contributed by atoms with E-state index < -0.39 is 0 Å². The van der Waals surface area contributed by atoms with Gasteiger partial charge in [0, 0.05) is 32.9 Å². The van der Waals surface area contributed by atoms with Gasteiger partial charge in [0.05, 0.1) is 0 Å². The molecule has 1 fully saturated rings. The maximum Gasteiger partial charge on any atom is 0.226 e. The number of rotatable bonds is 5. The third-order valence-corrected chi connectivity index (χ3v) is 3.25. The Morgan fingerprint density at radius 1 is 1.35 bits per heavy atom. The highest BCUT2D eigenvalue weighted by Crippen LogP contribution is 2.19. The molecule has 0 aliphatic carbocycles. The molecule has 4 heteroatoms. The molecule has 0 unspecified atom stereocenters. The third-order valence-electron chi connectivity index (χ3n) is 3.25. The zero-order valence-electron chi connectivity index (χ0n) is 10.9. The van der Waals surface area contributed by atoms with Crippen molar-refractivity contribution in [3.8, 4) is 0 Å². The molecule has 0 spiro atoms. The minimum absolute atomic E-state index is 0.850. The SMILES string of the molecule is CCCCN(C)c1nccc(N2CCCC2)n1. The van der Waals surface area contributed by atoms with Crippen molar-refractivity contribution in [2.24, 2.45) is 0 Å². The van der Waals surface area contributed by atoms with Crippen LogP contribution in [0.2, 0.25) is 0 Å². The summed E-state index contributed by atoms with van der Waals surface area (Å²) in [5, 5.41) is 0. The predicted octanol–water partition coefficient (Wildman–Crippen LogP) is 2.31. The van der Waals surface area contributed by atoms with E-state index in [2.05, 4.69) is 33.7 Å². The molecule has 2 heterocycles. The van der Waals surface area contributed by atoms with E-state index >= 15 is 0 Å². The van der Waals surface area contributed by atoms with Gasteiger partial charge in [-0.2, -0.15) is 4.98 Å². The smallest absolute Gasteiger partial charge is 0.226 e. The number of unbranched alkanes of at least 4 members (excludes halogenated alkanes) is 1. The van der Waals surface area contributed by atoms with Crippen molar-refractivity contribution in [3.05, 3.63) is 12.3 Å². The van der Waals surface area contributed by atoms with Gasteiger partial charge in [0.15, 0.2) is 0 Å². The van der Waals surface area contributed by atoms with Crippen LogP contribution in [0.1, 0.15) is 32.6 Å². The Labute approximate surface area is 104 Å². The van der Waals surface area contributed by atoms with Gasteiger partial charge in [0.2, 0.25) is 5.95 Å². The van der Waals surface area contributed by atoms with Crippen LogP contribution in [-0.4, -0.2) is 36.6 Å². The molecule has 94 valence electrons. The molecule has 1 aliphatic heterocycles. The molecule has 0 aromatic carbocycles. The lowest BCUT2D eigenvalue weighted by atomic mass is 10.3. The van der Waals surface area contributed by atoms with E-state index in [1.807, 2.05) is 12.3 Å². The summed E-state index contributed by atoms with van der Waals surface area (Å²) in [4.78, 5) is 13.5. The first-order chi connectivity index (χ1) is 8.31. The maximum atomic E-state index is 4.65. The lowest BCUT2D eigenvalue weighted by Gasteiger charge is -2.20. The predicted molar refractivity (Wildman–Crippen MR) is 71.7 cm³/mol. The van der Waals surface area contributed by atoms with E-state index in [0.29, 0.717) is 0 Å². The molecule has 1 aliphatic rings. The van der Waals surface area contributed by atoms with Gasteiger partial charge in [-0.1, -0.05) is 13.3 Å². The van der Waals surface area contributed by atoms with E-state index in [9.17, 15) is 0 Å². The van der Waals surface area contributed by atoms with Gasteiger partial charge in [-0.25, -0.2) is 4.98 Å².